The summed E-state index contributed by atoms with van der Waals surface area (Å²) in [6.45, 7) is 3.66. The van der Waals surface area contributed by atoms with Gasteiger partial charge in [-0.1, -0.05) is 49.6 Å². The fourth-order valence-corrected chi connectivity index (χ4v) is 5.65. The van der Waals surface area contributed by atoms with Crippen molar-refractivity contribution in [3.05, 3.63) is 113 Å². The summed E-state index contributed by atoms with van der Waals surface area (Å²) in [6.07, 6.45) is 5.87. The lowest BCUT2D eigenvalue weighted by Gasteiger charge is -2.24. The molecule has 1 N–H and O–H groups in total. The van der Waals surface area contributed by atoms with Gasteiger partial charge >= 0.3 is 0 Å². The first-order valence-electron chi connectivity index (χ1n) is 14.2. The number of benzene rings is 4. The summed E-state index contributed by atoms with van der Waals surface area (Å²) in [7, 11) is 0. The van der Waals surface area contributed by atoms with Crippen molar-refractivity contribution in [3.63, 3.8) is 0 Å². The molecule has 0 aromatic heterocycles. The Hall–Kier alpha value is -4.06. The zero-order valence-corrected chi connectivity index (χ0v) is 23.4. The predicted molar refractivity (Wildman–Crippen MR) is 156 cm³/mol. The number of ether oxygens (including phenoxy) is 1. The lowest BCUT2D eigenvalue weighted by atomic mass is 9.81. The molecule has 1 saturated carbocycles. The molecular weight excluding hydrogens is 523 g/mol. The molecule has 3 nitrogen and oxygen atoms in total. The zero-order valence-electron chi connectivity index (χ0n) is 23.4. The van der Waals surface area contributed by atoms with Crippen molar-refractivity contribution in [2.75, 3.05) is 0 Å². The van der Waals surface area contributed by atoms with E-state index in [0.717, 1.165) is 24.5 Å². The van der Waals surface area contributed by atoms with Crippen molar-refractivity contribution in [3.8, 4) is 28.0 Å². The number of amides is 1. The first-order chi connectivity index (χ1) is 19.8. The Kier molecular flexibility index (Phi) is 8.77. The van der Waals surface area contributed by atoms with Crippen LogP contribution >= 0.6 is 0 Å². The van der Waals surface area contributed by atoms with Crippen LogP contribution in [0.3, 0.4) is 0 Å². The molecule has 4 aromatic rings. The minimum atomic E-state index is -0.724. The molecule has 5 rings (SSSR count). The van der Waals surface area contributed by atoms with Crippen LogP contribution in [0.4, 0.5) is 13.2 Å². The van der Waals surface area contributed by atoms with Crippen LogP contribution in [0.1, 0.15) is 73.4 Å². The van der Waals surface area contributed by atoms with Gasteiger partial charge in [-0.15, -0.1) is 0 Å². The first-order valence-corrected chi connectivity index (χ1v) is 14.2. The third-order valence-corrected chi connectivity index (χ3v) is 7.64. The van der Waals surface area contributed by atoms with Crippen LogP contribution in [0.25, 0.3) is 22.3 Å². The molecule has 212 valence electrons. The lowest BCUT2D eigenvalue weighted by molar-refractivity contribution is 0.0943. The Morgan fingerprint density at radius 1 is 0.805 bits per heavy atom. The van der Waals surface area contributed by atoms with E-state index in [4.69, 9.17) is 4.74 Å². The van der Waals surface area contributed by atoms with Gasteiger partial charge < -0.3 is 10.1 Å². The van der Waals surface area contributed by atoms with Crippen LogP contribution in [0.15, 0.2) is 78.9 Å². The van der Waals surface area contributed by atoms with Gasteiger partial charge in [0.05, 0.1) is 0 Å². The van der Waals surface area contributed by atoms with Crippen molar-refractivity contribution in [2.24, 2.45) is 0 Å². The summed E-state index contributed by atoms with van der Waals surface area (Å²) in [5.74, 6) is -1.33. The van der Waals surface area contributed by atoms with E-state index in [1.807, 2.05) is 32.0 Å². The fraction of sp³-hybridized carbons (Fsp3) is 0.286. The van der Waals surface area contributed by atoms with E-state index in [-0.39, 0.29) is 29.9 Å². The van der Waals surface area contributed by atoms with Gasteiger partial charge in [0.25, 0.3) is 5.91 Å². The normalized spacial score (nSPS) is 13.8. The Morgan fingerprint density at radius 3 is 2.22 bits per heavy atom. The van der Waals surface area contributed by atoms with Crippen LogP contribution in [0.5, 0.6) is 5.75 Å². The van der Waals surface area contributed by atoms with Crippen LogP contribution in [0, 0.1) is 17.5 Å². The molecule has 0 bridgehead atoms. The minimum absolute atomic E-state index is 0.0492. The fourth-order valence-electron chi connectivity index (χ4n) is 5.65. The molecule has 0 aliphatic heterocycles. The Labute approximate surface area is 239 Å². The summed E-state index contributed by atoms with van der Waals surface area (Å²) in [5.41, 5.74) is 4.15. The third-order valence-electron chi connectivity index (χ3n) is 7.64. The van der Waals surface area contributed by atoms with Crippen molar-refractivity contribution in [2.45, 2.75) is 64.5 Å². The van der Waals surface area contributed by atoms with Crippen molar-refractivity contribution in [1.29, 1.82) is 0 Å². The molecule has 41 heavy (non-hydrogen) atoms. The molecule has 1 amide bonds. The molecule has 0 atom stereocenters. The first kappa shape index (κ1) is 28.5. The number of hydrogen-bond acceptors (Lipinski definition) is 2. The van der Waals surface area contributed by atoms with Gasteiger partial charge in [-0.3, -0.25) is 4.79 Å². The van der Waals surface area contributed by atoms with Crippen LogP contribution in [-0.2, 0) is 6.61 Å². The molecular formula is C35H34F3NO2. The summed E-state index contributed by atoms with van der Waals surface area (Å²) in [4.78, 5) is 12.7. The number of halogens is 3. The van der Waals surface area contributed by atoms with E-state index in [0.29, 0.717) is 33.9 Å². The molecule has 1 fully saturated rings. The van der Waals surface area contributed by atoms with E-state index in [1.54, 1.807) is 30.3 Å². The monoisotopic (exact) mass is 557 g/mol. The molecule has 0 unspecified atom stereocenters. The highest BCUT2D eigenvalue weighted by Crippen LogP contribution is 2.39. The highest BCUT2D eigenvalue weighted by atomic mass is 19.1. The number of rotatable bonds is 8. The number of hydrogen-bond donors (Lipinski definition) is 1. The summed E-state index contributed by atoms with van der Waals surface area (Å²) in [5, 5.41) is 2.84. The maximum atomic E-state index is 15.5. The number of carbonyl (C=O) groups is 1. The van der Waals surface area contributed by atoms with Crippen molar-refractivity contribution < 1.29 is 22.7 Å². The predicted octanol–water partition coefficient (Wildman–Crippen LogP) is 9.20. The van der Waals surface area contributed by atoms with E-state index >= 15 is 4.39 Å². The molecule has 1 aliphatic rings. The SMILES string of the molecule is CC(C)NC(=O)c1ccc(-c2ccc(F)cc2F)c(COc2ccc(-c3ccccc3C3CCCCC3)c(F)c2)c1. The summed E-state index contributed by atoms with van der Waals surface area (Å²) in [6, 6.07) is 21.0. The molecule has 4 aromatic carbocycles. The zero-order chi connectivity index (χ0) is 28.9. The van der Waals surface area contributed by atoms with Gasteiger partial charge in [0.1, 0.15) is 29.8 Å². The van der Waals surface area contributed by atoms with Gasteiger partial charge in [-0.25, -0.2) is 13.2 Å². The largest absolute Gasteiger partial charge is 0.489 e. The molecule has 0 saturated heterocycles. The van der Waals surface area contributed by atoms with Crippen LogP contribution < -0.4 is 10.1 Å². The van der Waals surface area contributed by atoms with Crippen LogP contribution in [-0.4, -0.2) is 11.9 Å². The van der Waals surface area contributed by atoms with Crippen molar-refractivity contribution in [1.82, 2.24) is 5.32 Å². The molecule has 0 radical (unpaired) electrons. The van der Waals surface area contributed by atoms with E-state index < -0.39 is 11.6 Å². The van der Waals surface area contributed by atoms with E-state index in [9.17, 15) is 13.6 Å². The Balaban J connectivity index is 1.43. The van der Waals surface area contributed by atoms with E-state index in [2.05, 4.69) is 11.4 Å². The second-order valence-electron chi connectivity index (χ2n) is 11.0. The van der Waals surface area contributed by atoms with E-state index in [1.165, 1.54) is 43.0 Å². The highest BCUT2D eigenvalue weighted by Gasteiger charge is 2.21. The Bertz CT molecular complexity index is 1540. The van der Waals surface area contributed by atoms with Gasteiger partial charge in [-0.2, -0.15) is 0 Å². The van der Waals surface area contributed by atoms with Gasteiger partial charge in [0, 0.05) is 34.9 Å². The van der Waals surface area contributed by atoms with Crippen LogP contribution in [0.2, 0.25) is 0 Å². The third kappa shape index (κ3) is 6.64. The molecule has 0 spiro atoms. The quantitative estimate of drug-likeness (QED) is 0.235. The van der Waals surface area contributed by atoms with Crippen molar-refractivity contribution >= 4 is 5.91 Å². The number of carbonyl (C=O) groups excluding carboxylic acids is 1. The highest BCUT2D eigenvalue weighted by molar-refractivity contribution is 5.95. The maximum absolute atomic E-state index is 15.5. The molecule has 6 heteroatoms. The van der Waals surface area contributed by atoms with Gasteiger partial charge in [-0.05, 0) is 91.3 Å². The smallest absolute Gasteiger partial charge is 0.251 e. The Morgan fingerprint density at radius 2 is 1.49 bits per heavy atom. The lowest BCUT2D eigenvalue weighted by Crippen LogP contribution is -2.30. The summed E-state index contributed by atoms with van der Waals surface area (Å²) < 4.78 is 49.8. The average Bonchev–Trinajstić information content (AvgIpc) is 2.96. The molecule has 1 aliphatic carbocycles. The topological polar surface area (TPSA) is 38.3 Å². The number of nitrogens with one attached hydrogen (secondary N) is 1. The summed E-state index contributed by atoms with van der Waals surface area (Å²) >= 11 is 0. The maximum Gasteiger partial charge on any atom is 0.251 e. The van der Waals surface area contributed by atoms with Gasteiger partial charge in [0.15, 0.2) is 0 Å². The standard InChI is InChI=1S/C35H34F3NO2/c1-22(2)39-35(40)24-12-15-29(31-16-13-26(36)19-33(31)37)25(18-24)21-41-27-14-17-32(34(38)20-27)30-11-7-6-10-28(30)23-8-4-3-5-9-23/h6-7,10-20,22-23H,3-5,8-9,21H2,1-2H3,(H,39,40). The average molecular weight is 558 g/mol. The molecule has 0 heterocycles. The second kappa shape index (κ2) is 12.6. The minimum Gasteiger partial charge on any atom is -0.489 e. The van der Waals surface area contributed by atoms with Gasteiger partial charge in [0.2, 0.25) is 0 Å². The second-order valence-corrected chi connectivity index (χ2v) is 11.0.